The first-order valence-corrected chi connectivity index (χ1v) is 39.1. The van der Waals surface area contributed by atoms with E-state index in [-0.39, 0.29) is 18.5 Å². The molecule has 0 aliphatic rings. The van der Waals surface area contributed by atoms with Gasteiger partial charge < -0.3 is 20.3 Å². The summed E-state index contributed by atoms with van der Waals surface area (Å²) in [6.07, 6.45) is 95.4. The van der Waals surface area contributed by atoms with E-state index in [4.69, 9.17) is 4.74 Å². The van der Waals surface area contributed by atoms with Crippen LogP contribution in [0.5, 0.6) is 0 Å². The van der Waals surface area contributed by atoms with E-state index in [0.29, 0.717) is 25.9 Å². The Labute approximate surface area is 532 Å². The molecule has 0 aliphatic heterocycles. The van der Waals surface area contributed by atoms with E-state index in [1.807, 2.05) is 0 Å². The van der Waals surface area contributed by atoms with Gasteiger partial charge in [0.25, 0.3) is 0 Å². The standard InChI is InChI=1S/C79H153NO5/c1-3-5-7-9-11-13-15-17-19-21-22-23-24-30-33-36-40-43-47-51-55-59-63-67-71-77(82)76(75-81)80-78(83)72-68-64-60-56-52-48-44-41-37-34-31-28-26-25-27-29-32-35-38-42-46-50-54-58-62-66-70-74-85-79(84)73-69-65-61-57-53-49-45-39-20-18-16-14-12-10-8-6-4-2/h18,20,25-26,76-77,81-82H,3-17,19,21-24,27-75H2,1-2H3,(H,80,83)/b20-18-,26-25-. The van der Waals surface area contributed by atoms with Crippen molar-refractivity contribution in [2.75, 3.05) is 13.2 Å². The van der Waals surface area contributed by atoms with Gasteiger partial charge in [-0.3, -0.25) is 9.59 Å². The Hall–Kier alpha value is -1.66. The maximum absolute atomic E-state index is 12.6. The first kappa shape index (κ1) is 83.3. The van der Waals surface area contributed by atoms with E-state index in [0.717, 1.165) is 44.9 Å². The Morgan fingerprint density at radius 2 is 0.553 bits per heavy atom. The second-order valence-corrected chi connectivity index (χ2v) is 27.0. The van der Waals surface area contributed by atoms with Crippen molar-refractivity contribution in [3.05, 3.63) is 24.3 Å². The van der Waals surface area contributed by atoms with Gasteiger partial charge in [0.1, 0.15) is 0 Å². The van der Waals surface area contributed by atoms with Gasteiger partial charge in [-0.15, -0.1) is 0 Å². The molecule has 0 aromatic rings. The Balaban J connectivity index is 3.38. The monoisotopic (exact) mass is 1200 g/mol. The highest BCUT2D eigenvalue weighted by Crippen LogP contribution is 2.20. The topological polar surface area (TPSA) is 95.9 Å². The molecule has 2 atom stereocenters. The highest BCUT2D eigenvalue weighted by molar-refractivity contribution is 5.76. The molecule has 6 nitrogen and oxygen atoms in total. The number of hydrogen-bond donors (Lipinski definition) is 3. The number of allylic oxidation sites excluding steroid dienone is 4. The van der Waals surface area contributed by atoms with Gasteiger partial charge in [-0.1, -0.05) is 378 Å². The van der Waals surface area contributed by atoms with Crippen molar-refractivity contribution in [2.24, 2.45) is 0 Å². The zero-order valence-electron chi connectivity index (χ0n) is 57.9. The number of esters is 1. The molecular formula is C79H153NO5. The molecule has 504 valence electrons. The van der Waals surface area contributed by atoms with Crippen molar-refractivity contribution in [3.63, 3.8) is 0 Å². The molecule has 2 unspecified atom stereocenters. The third-order valence-corrected chi connectivity index (χ3v) is 18.5. The van der Waals surface area contributed by atoms with Crippen LogP contribution in [0.15, 0.2) is 24.3 Å². The second-order valence-electron chi connectivity index (χ2n) is 27.0. The first-order chi connectivity index (χ1) is 42.0. The predicted octanol–water partition coefficient (Wildman–Crippen LogP) is 25.7. The Bertz CT molecular complexity index is 1330. The minimum Gasteiger partial charge on any atom is -0.466 e. The fraction of sp³-hybridized carbons (Fsp3) is 0.924. The lowest BCUT2D eigenvalue weighted by Crippen LogP contribution is -2.45. The molecule has 0 saturated heterocycles. The summed E-state index contributed by atoms with van der Waals surface area (Å²) in [6.45, 7) is 5.00. The van der Waals surface area contributed by atoms with E-state index in [1.165, 1.54) is 366 Å². The first-order valence-electron chi connectivity index (χ1n) is 39.1. The van der Waals surface area contributed by atoms with Crippen LogP contribution in [0.3, 0.4) is 0 Å². The van der Waals surface area contributed by atoms with Gasteiger partial charge in [0.15, 0.2) is 0 Å². The van der Waals surface area contributed by atoms with Crippen molar-refractivity contribution < 1.29 is 24.5 Å². The number of carbonyl (C=O) groups is 2. The number of aliphatic hydroxyl groups excluding tert-OH is 2. The molecule has 0 radical (unpaired) electrons. The van der Waals surface area contributed by atoms with Gasteiger partial charge in [0, 0.05) is 12.8 Å². The van der Waals surface area contributed by atoms with Crippen molar-refractivity contribution in [1.82, 2.24) is 5.32 Å². The van der Waals surface area contributed by atoms with Crippen molar-refractivity contribution >= 4 is 11.9 Å². The molecule has 0 heterocycles. The van der Waals surface area contributed by atoms with E-state index >= 15 is 0 Å². The lowest BCUT2D eigenvalue weighted by molar-refractivity contribution is -0.143. The normalized spacial score (nSPS) is 12.6. The summed E-state index contributed by atoms with van der Waals surface area (Å²) in [5, 5.41) is 23.5. The molecule has 0 aromatic heterocycles. The van der Waals surface area contributed by atoms with Crippen molar-refractivity contribution in [3.8, 4) is 0 Å². The molecule has 0 saturated carbocycles. The Morgan fingerprint density at radius 3 is 0.835 bits per heavy atom. The molecule has 3 N–H and O–H groups in total. The third-order valence-electron chi connectivity index (χ3n) is 18.5. The van der Waals surface area contributed by atoms with Crippen LogP contribution in [0, 0.1) is 0 Å². The number of nitrogens with one attached hydrogen (secondary N) is 1. The van der Waals surface area contributed by atoms with Crippen molar-refractivity contribution in [2.45, 2.75) is 456 Å². The predicted molar refractivity (Wildman–Crippen MR) is 375 cm³/mol. The lowest BCUT2D eigenvalue weighted by atomic mass is 10.0. The van der Waals surface area contributed by atoms with Crippen LogP contribution >= 0.6 is 0 Å². The van der Waals surface area contributed by atoms with Crippen LogP contribution in [-0.4, -0.2) is 47.4 Å². The highest BCUT2D eigenvalue weighted by Gasteiger charge is 2.20. The number of aliphatic hydroxyl groups is 2. The fourth-order valence-corrected chi connectivity index (χ4v) is 12.5. The van der Waals surface area contributed by atoms with Gasteiger partial charge in [0.2, 0.25) is 5.91 Å². The van der Waals surface area contributed by atoms with Gasteiger partial charge in [0.05, 0.1) is 25.4 Å². The third kappa shape index (κ3) is 71.3. The van der Waals surface area contributed by atoms with Crippen LogP contribution in [0.1, 0.15) is 444 Å². The number of carbonyl (C=O) groups excluding carboxylic acids is 2. The second kappa shape index (κ2) is 74.8. The minimum absolute atomic E-state index is 0.0130. The number of unbranched alkanes of at least 4 members (excludes halogenated alkanes) is 59. The van der Waals surface area contributed by atoms with E-state index in [2.05, 4.69) is 43.5 Å². The number of ether oxygens (including phenoxy) is 1. The summed E-state index contributed by atoms with van der Waals surface area (Å²) < 4.78 is 5.51. The van der Waals surface area contributed by atoms with Gasteiger partial charge in [-0.2, -0.15) is 0 Å². The van der Waals surface area contributed by atoms with Crippen LogP contribution in [-0.2, 0) is 14.3 Å². The quantitative estimate of drug-likeness (QED) is 0.0320. The zero-order valence-corrected chi connectivity index (χ0v) is 57.9. The highest BCUT2D eigenvalue weighted by atomic mass is 16.5. The summed E-state index contributed by atoms with van der Waals surface area (Å²) in [4.78, 5) is 24.7. The van der Waals surface area contributed by atoms with Crippen molar-refractivity contribution in [1.29, 1.82) is 0 Å². The van der Waals surface area contributed by atoms with Crippen LogP contribution in [0.2, 0.25) is 0 Å². The molecule has 0 fully saturated rings. The molecular weight excluding hydrogens is 1040 g/mol. The van der Waals surface area contributed by atoms with Crippen LogP contribution in [0.25, 0.3) is 0 Å². The summed E-state index contributed by atoms with van der Waals surface area (Å²) in [5.74, 6) is -0.0174. The molecule has 0 aliphatic carbocycles. The summed E-state index contributed by atoms with van der Waals surface area (Å²) in [6, 6.07) is -0.544. The smallest absolute Gasteiger partial charge is 0.305 e. The van der Waals surface area contributed by atoms with E-state index < -0.39 is 12.1 Å². The molecule has 1 amide bonds. The number of rotatable bonds is 74. The summed E-state index contributed by atoms with van der Waals surface area (Å²) in [5.41, 5.74) is 0. The molecule has 0 rings (SSSR count). The molecule has 6 heteroatoms. The summed E-state index contributed by atoms with van der Waals surface area (Å²) >= 11 is 0. The maximum atomic E-state index is 12.6. The fourth-order valence-electron chi connectivity index (χ4n) is 12.5. The average molecular weight is 1200 g/mol. The SMILES string of the molecule is CCCCCCCC/C=C\CCCCCCCCCC(=O)OCCCCCCCCCCCCCC/C=C\CCCCCCCCCCCCCC(=O)NC(CO)C(O)CCCCCCCCCCCCCCCCCCCCCCCCCC. The maximum Gasteiger partial charge on any atom is 0.305 e. The van der Waals surface area contributed by atoms with E-state index in [1.54, 1.807) is 0 Å². The Morgan fingerprint density at radius 1 is 0.318 bits per heavy atom. The summed E-state index contributed by atoms with van der Waals surface area (Å²) in [7, 11) is 0. The van der Waals surface area contributed by atoms with Crippen LogP contribution < -0.4 is 5.32 Å². The molecule has 0 bridgehead atoms. The van der Waals surface area contributed by atoms with E-state index in [9.17, 15) is 19.8 Å². The molecule has 85 heavy (non-hydrogen) atoms. The largest absolute Gasteiger partial charge is 0.466 e. The number of amides is 1. The Kier molecular flexibility index (Phi) is 73.3. The minimum atomic E-state index is -0.666. The van der Waals surface area contributed by atoms with Gasteiger partial charge in [-0.05, 0) is 77.0 Å². The van der Waals surface area contributed by atoms with Crippen LogP contribution in [0.4, 0.5) is 0 Å². The van der Waals surface area contributed by atoms with Gasteiger partial charge in [-0.25, -0.2) is 0 Å². The molecule has 0 aromatic carbocycles. The lowest BCUT2D eigenvalue weighted by Gasteiger charge is -2.22. The number of hydrogen-bond acceptors (Lipinski definition) is 5. The zero-order chi connectivity index (χ0) is 61.3. The molecule has 0 spiro atoms. The van der Waals surface area contributed by atoms with Gasteiger partial charge >= 0.3 is 5.97 Å². The average Bonchev–Trinajstić information content (AvgIpc) is 3.51.